The summed E-state index contributed by atoms with van der Waals surface area (Å²) < 4.78 is 1.89. The van der Waals surface area contributed by atoms with Gasteiger partial charge in [0.05, 0.1) is 0 Å². The Bertz CT molecular complexity index is 466. The maximum absolute atomic E-state index is 13.3. The van der Waals surface area contributed by atoms with Gasteiger partial charge in [-0.15, -0.1) is 0 Å². The van der Waals surface area contributed by atoms with E-state index in [0.717, 1.165) is 58.5 Å². The minimum absolute atomic E-state index is 0.253. The minimum Gasteiger partial charge on any atom is -0.339 e. The van der Waals surface area contributed by atoms with E-state index in [0.29, 0.717) is 0 Å². The Morgan fingerprint density at radius 1 is 1.19 bits per heavy atom. The fourth-order valence-electron chi connectivity index (χ4n) is 3.45. The number of amides is 1. The number of piperidine rings is 1. The third kappa shape index (κ3) is 2.82. The largest absolute Gasteiger partial charge is 0.339 e. The summed E-state index contributed by atoms with van der Waals surface area (Å²) in [5, 5.41) is 7.76. The number of carbonyl (C=O) groups is 1. The molecule has 6 heteroatoms. The molecular formula is C15H25N5O. The number of hydrogen-bond acceptors (Lipinski definition) is 4. The molecule has 0 aliphatic carbocycles. The van der Waals surface area contributed by atoms with Crippen LogP contribution in [-0.2, 0) is 10.3 Å². The van der Waals surface area contributed by atoms with E-state index in [9.17, 15) is 4.79 Å². The topological polar surface area (TPSA) is 53.4 Å². The zero-order chi connectivity index (χ0) is 14.7. The van der Waals surface area contributed by atoms with Crippen LogP contribution in [0.3, 0.4) is 0 Å². The average Bonchev–Trinajstić information content (AvgIpc) is 2.97. The van der Waals surface area contributed by atoms with E-state index < -0.39 is 5.54 Å². The summed E-state index contributed by atoms with van der Waals surface area (Å²) in [4.78, 5) is 17.6. The number of likely N-dealkylation sites (N-methyl/N-ethyl adjacent to an activating group) is 1. The van der Waals surface area contributed by atoms with Crippen molar-refractivity contribution in [2.45, 2.75) is 24.8 Å². The van der Waals surface area contributed by atoms with Crippen LogP contribution in [0.5, 0.6) is 0 Å². The van der Waals surface area contributed by atoms with Crippen molar-refractivity contribution in [2.24, 2.45) is 0 Å². The summed E-state index contributed by atoms with van der Waals surface area (Å²) in [6.45, 7) is 5.46. The SMILES string of the molecule is CN1CCCN(C(=O)C2(n3cccn3)CCNCC2)CC1. The molecule has 1 aromatic heterocycles. The smallest absolute Gasteiger partial charge is 0.250 e. The summed E-state index contributed by atoms with van der Waals surface area (Å²) in [6, 6.07) is 1.91. The Balaban J connectivity index is 1.84. The van der Waals surface area contributed by atoms with Crippen molar-refractivity contribution in [3.63, 3.8) is 0 Å². The molecular weight excluding hydrogens is 266 g/mol. The highest BCUT2D eigenvalue weighted by Gasteiger charge is 2.44. The highest BCUT2D eigenvalue weighted by molar-refractivity contribution is 5.84. The molecule has 1 amide bonds. The van der Waals surface area contributed by atoms with Crippen molar-refractivity contribution >= 4 is 5.91 Å². The van der Waals surface area contributed by atoms with Crippen LogP contribution in [0, 0.1) is 0 Å². The van der Waals surface area contributed by atoms with Crippen LogP contribution in [0.1, 0.15) is 19.3 Å². The van der Waals surface area contributed by atoms with Gasteiger partial charge in [-0.25, -0.2) is 0 Å². The molecule has 0 atom stereocenters. The molecule has 0 saturated carbocycles. The Morgan fingerprint density at radius 2 is 2.00 bits per heavy atom. The zero-order valence-electron chi connectivity index (χ0n) is 12.8. The molecule has 0 spiro atoms. The average molecular weight is 291 g/mol. The van der Waals surface area contributed by atoms with Gasteiger partial charge in [0.1, 0.15) is 5.54 Å². The van der Waals surface area contributed by atoms with Gasteiger partial charge in [0.25, 0.3) is 5.91 Å². The second-order valence-electron chi connectivity index (χ2n) is 6.18. The molecule has 6 nitrogen and oxygen atoms in total. The lowest BCUT2D eigenvalue weighted by Crippen LogP contribution is -2.56. The molecule has 116 valence electrons. The third-order valence-electron chi connectivity index (χ3n) is 4.78. The maximum atomic E-state index is 13.3. The lowest BCUT2D eigenvalue weighted by molar-refractivity contribution is -0.143. The fraction of sp³-hybridized carbons (Fsp3) is 0.733. The standard InChI is InChI=1S/C15H25N5O/c1-18-9-3-10-19(13-12-18)14(21)15(4-7-16-8-5-15)20-11-2-6-17-20/h2,6,11,16H,3-5,7-10,12-13H2,1H3. The summed E-state index contributed by atoms with van der Waals surface area (Å²) in [7, 11) is 2.13. The number of nitrogens with zero attached hydrogens (tertiary/aromatic N) is 4. The Labute approximate surface area is 126 Å². The Morgan fingerprint density at radius 3 is 2.71 bits per heavy atom. The fourth-order valence-corrected chi connectivity index (χ4v) is 3.45. The first-order valence-electron chi connectivity index (χ1n) is 7.91. The second kappa shape index (κ2) is 6.15. The van der Waals surface area contributed by atoms with Crippen LogP contribution in [0.2, 0.25) is 0 Å². The number of nitrogens with one attached hydrogen (secondary N) is 1. The highest BCUT2D eigenvalue weighted by atomic mass is 16.2. The number of carbonyl (C=O) groups excluding carboxylic acids is 1. The van der Waals surface area contributed by atoms with Gasteiger partial charge < -0.3 is 15.1 Å². The molecule has 2 aliphatic rings. The number of rotatable bonds is 2. The molecule has 1 N–H and O–H groups in total. The molecule has 21 heavy (non-hydrogen) atoms. The van der Waals surface area contributed by atoms with E-state index in [1.54, 1.807) is 6.20 Å². The van der Waals surface area contributed by atoms with Crippen LogP contribution in [0.4, 0.5) is 0 Å². The van der Waals surface area contributed by atoms with Crippen molar-refractivity contribution in [3.8, 4) is 0 Å². The van der Waals surface area contributed by atoms with Crippen molar-refractivity contribution in [1.29, 1.82) is 0 Å². The lowest BCUT2D eigenvalue weighted by atomic mass is 9.86. The van der Waals surface area contributed by atoms with Crippen LogP contribution in [-0.4, -0.2) is 71.8 Å². The van der Waals surface area contributed by atoms with Gasteiger partial charge in [-0.2, -0.15) is 5.10 Å². The van der Waals surface area contributed by atoms with Crippen molar-refractivity contribution < 1.29 is 4.79 Å². The van der Waals surface area contributed by atoms with Crippen LogP contribution >= 0.6 is 0 Å². The summed E-state index contributed by atoms with van der Waals surface area (Å²) in [6.07, 6.45) is 6.40. The summed E-state index contributed by atoms with van der Waals surface area (Å²) in [5.41, 5.74) is -0.488. The van der Waals surface area contributed by atoms with E-state index in [-0.39, 0.29) is 5.91 Å². The zero-order valence-corrected chi connectivity index (χ0v) is 12.8. The second-order valence-corrected chi connectivity index (χ2v) is 6.18. The van der Waals surface area contributed by atoms with Crippen LogP contribution in [0.25, 0.3) is 0 Å². The number of hydrogen-bond donors (Lipinski definition) is 1. The molecule has 2 saturated heterocycles. The molecule has 2 aliphatic heterocycles. The molecule has 0 bridgehead atoms. The van der Waals surface area contributed by atoms with Gasteiger partial charge in [0.15, 0.2) is 0 Å². The van der Waals surface area contributed by atoms with E-state index in [2.05, 4.69) is 27.3 Å². The van der Waals surface area contributed by atoms with Crippen LogP contribution < -0.4 is 5.32 Å². The number of aromatic nitrogens is 2. The van der Waals surface area contributed by atoms with Crippen LogP contribution in [0.15, 0.2) is 18.5 Å². The van der Waals surface area contributed by atoms with Gasteiger partial charge in [0.2, 0.25) is 0 Å². The van der Waals surface area contributed by atoms with Crippen molar-refractivity contribution in [3.05, 3.63) is 18.5 Å². The molecule has 0 radical (unpaired) electrons. The monoisotopic (exact) mass is 291 g/mol. The first kappa shape index (κ1) is 14.5. The molecule has 0 aromatic carbocycles. The maximum Gasteiger partial charge on any atom is 0.250 e. The first-order chi connectivity index (χ1) is 10.2. The summed E-state index contributed by atoms with van der Waals surface area (Å²) >= 11 is 0. The molecule has 0 unspecified atom stereocenters. The predicted octanol–water partition coefficient (Wildman–Crippen LogP) is 0.126. The van der Waals surface area contributed by atoms with E-state index in [1.807, 2.05) is 16.9 Å². The molecule has 1 aromatic rings. The van der Waals surface area contributed by atoms with Gasteiger partial charge in [-0.3, -0.25) is 9.48 Å². The molecule has 3 rings (SSSR count). The van der Waals surface area contributed by atoms with Gasteiger partial charge in [-0.1, -0.05) is 0 Å². The third-order valence-corrected chi connectivity index (χ3v) is 4.78. The van der Waals surface area contributed by atoms with Gasteiger partial charge in [-0.05, 0) is 52.0 Å². The van der Waals surface area contributed by atoms with E-state index in [1.165, 1.54) is 0 Å². The van der Waals surface area contributed by atoms with Crippen molar-refractivity contribution in [1.82, 2.24) is 24.9 Å². The van der Waals surface area contributed by atoms with E-state index >= 15 is 0 Å². The predicted molar refractivity (Wildman–Crippen MR) is 81.0 cm³/mol. The minimum atomic E-state index is -0.488. The Kier molecular flexibility index (Phi) is 4.26. The molecule has 2 fully saturated rings. The van der Waals surface area contributed by atoms with Crippen molar-refractivity contribution in [2.75, 3.05) is 46.3 Å². The summed E-state index contributed by atoms with van der Waals surface area (Å²) in [5.74, 6) is 0.253. The normalized spacial score (nSPS) is 23.8. The quantitative estimate of drug-likeness (QED) is 0.841. The van der Waals surface area contributed by atoms with E-state index in [4.69, 9.17) is 0 Å². The lowest BCUT2D eigenvalue weighted by Gasteiger charge is -2.40. The highest BCUT2D eigenvalue weighted by Crippen LogP contribution is 2.29. The van der Waals surface area contributed by atoms with Gasteiger partial charge >= 0.3 is 0 Å². The van der Waals surface area contributed by atoms with Gasteiger partial charge in [0, 0.05) is 32.0 Å². The molecule has 3 heterocycles. The Hall–Kier alpha value is -1.40. The first-order valence-corrected chi connectivity index (χ1v) is 7.91.